The summed E-state index contributed by atoms with van der Waals surface area (Å²) in [5.41, 5.74) is 1.27. The highest BCUT2D eigenvalue weighted by atomic mass is 35.5. The second-order valence-corrected chi connectivity index (χ2v) is 3.49. The lowest BCUT2D eigenvalue weighted by Gasteiger charge is -2.23. The number of nitrogens with one attached hydrogen (secondary N) is 2. The Kier molecular flexibility index (Phi) is 2.03. The lowest BCUT2D eigenvalue weighted by atomic mass is 10.2. The maximum Gasteiger partial charge on any atom is 0.246 e. The van der Waals surface area contributed by atoms with Crippen LogP contribution < -0.4 is 10.6 Å². The number of rotatable bonds is 0. The zero-order chi connectivity index (χ0) is 10.3. The Balaban J connectivity index is 2.51. The van der Waals surface area contributed by atoms with Crippen LogP contribution in [0.3, 0.4) is 0 Å². The van der Waals surface area contributed by atoms with Gasteiger partial charge in [-0.25, -0.2) is 4.98 Å². The molecule has 0 saturated carbocycles. The average molecular weight is 213 g/mol. The number of hydrogen-bond acceptors (Lipinski definition) is 4. The molecule has 1 aromatic heterocycles. The largest absolute Gasteiger partial charge is 0.357 e. The zero-order valence-electron chi connectivity index (χ0n) is 7.76. The van der Waals surface area contributed by atoms with E-state index in [1.54, 1.807) is 13.8 Å². The zero-order valence-corrected chi connectivity index (χ0v) is 8.51. The molecule has 14 heavy (non-hydrogen) atoms. The predicted octanol–water partition coefficient (Wildman–Crippen LogP) is 1.19. The van der Waals surface area contributed by atoms with Gasteiger partial charge in [0.25, 0.3) is 0 Å². The van der Waals surface area contributed by atoms with Crippen molar-refractivity contribution < 1.29 is 4.79 Å². The normalized spacial score (nSPS) is 19.6. The second-order valence-electron chi connectivity index (χ2n) is 3.16. The first-order valence-corrected chi connectivity index (χ1v) is 4.57. The van der Waals surface area contributed by atoms with E-state index in [2.05, 4.69) is 20.6 Å². The van der Waals surface area contributed by atoms with Crippen molar-refractivity contribution in [1.29, 1.82) is 0 Å². The lowest BCUT2D eigenvalue weighted by molar-refractivity contribution is -0.116. The summed E-state index contributed by atoms with van der Waals surface area (Å²) in [5.74, 6) is 0.487. The first-order chi connectivity index (χ1) is 6.58. The van der Waals surface area contributed by atoms with E-state index in [1.807, 2.05) is 0 Å². The van der Waals surface area contributed by atoms with Gasteiger partial charge < -0.3 is 10.6 Å². The number of carbonyl (C=O) groups is 1. The van der Waals surface area contributed by atoms with E-state index in [4.69, 9.17) is 11.6 Å². The fraction of sp³-hybridized carbons (Fsp3) is 0.375. The number of carbonyl (C=O) groups excluding carboxylic acids is 1. The number of anilines is 2. The van der Waals surface area contributed by atoms with Gasteiger partial charge in [-0.3, -0.25) is 4.79 Å². The van der Waals surface area contributed by atoms with Crippen LogP contribution in [-0.2, 0) is 4.79 Å². The molecule has 1 amide bonds. The molecule has 1 aliphatic rings. The Bertz CT molecular complexity index is 407. The molecule has 5 nitrogen and oxygen atoms in total. The molecule has 1 atom stereocenters. The number of aryl methyl sites for hydroxylation is 1. The highest BCUT2D eigenvalue weighted by molar-refractivity contribution is 6.28. The molecule has 0 aromatic carbocycles. The molecule has 0 fully saturated rings. The van der Waals surface area contributed by atoms with Crippen LogP contribution in [0, 0.1) is 6.92 Å². The lowest BCUT2D eigenvalue weighted by Crippen LogP contribution is -2.37. The third kappa shape index (κ3) is 1.39. The van der Waals surface area contributed by atoms with Crippen molar-refractivity contribution in [2.75, 3.05) is 10.6 Å². The highest BCUT2D eigenvalue weighted by Crippen LogP contribution is 2.27. The van der Waals surface area contributed by atoms with Gasteiger partial charge in [-0.15, -0.1) is 0 Å². The van der Waals surface area contributed by atoms with Crippen molar-refractivity contribution in [2.24, 2.45) is 0 Å². The molecular formula is C8H9ClN4O. The number of halogens is 1. The van der Waals surface area contributed by atoms with Gasteiger partial charge in [0.15, 0.2) is 5.82 Å². The van der Waals surface area contributed by atoms with Crippen LogP contribution in [-0.4, -0.2) is 21.9 Å². The van der Waals surface area contributed by atoms with Crippen molar-refractivity contribution >= 4 is 29.0 Å². The average Bonchev–Trinajstić information content (AvgIpc) is 2.08. The molecule has 0 saturated heterocycles. The molecular weight excluding hydrogens is 204 g/mol. The summed E-state index contributed by atoms with van der Waals surface area (Å²) in [6.07, 6.45) is 0. The van der Waals surface area contributed by atoms with Crippen molar-refractivity contribution in [3.8, 4) is 0 Å². The minimum atomic E-state index is -0.298. The van der Waals surface area contributed by atoms with Gasteiger partial charge >= 0.3 is 0 Å². The molecule has 0 aliphatic carbocycles. The number of aromatic nitrogens is 2. The van der Waals surface area contributed by atoms with Crippen LogP contribution in [0.4, 0.5) is 11.5 Å². The first kappa shape index (κ1) is 9.21. The van der Waals surface area contributed by atoms with E-state index >= 15 is 0 Å². The van der Waals surface area contributed by atoms with E-state index < -0.39 is 0 Å². The summed E-state index contributed by atoms with van der Waals surface area (Å²) < 4.78 is 0. The van der Waals surface area contributed by atoms with Gasteiger partial charge in [-0.2, -0.15) is 4.98 Å². The molecule has 0 radical (unpaired) electrons. The third-order valence-corrected chi connectivity index (χ3v) is 2.23. The van der Waals surface area contributed by atoms with Crippen molar-refractivity contribution in [3.63, 3.8) is 0 Å². The Hall–Kier alpha value is -1.36. The fourth-order valence-electron chi connectivity index (χ4n) is 1.29. The molecule has 2 N–H and O–H groups in total. The quantitative estimate of drug-likeness (QED) is 0.634. The molecule has 6 heteroatoms. The second kappa shape index (κ2) is 3.09. The van der Waals surface area contributed by atoms with E-state index in [1.165, 1.54) is 0 Å². The van der Waals surface area contributed by atoms with Crippen LogP contribution in [0.15, 0.2) is 0 Å². The summed E-state index contributed by atoms with van der Waals surface area (Å²) in [5, 5.41) is 5.84. The first-order valence-electron chi connectivity index (χ1n) is 4.19. The molecule has 1 unspecified atom stereocenters. The Morgan fingerprint density at radius 2 is 2.14 bits per heavy atom. The fourth-order valence-corrected chi connectivity index (χ4v) is 1.51. The number of nitrogens with zero attached hydrogens (tertiary/aromatic N) is 2. The molecule has 1 aromatic rings. The number of amides is 1. The number of hydrogen-bond donors (Lipinski definition) is 2. The monoisotopic (exact) mass is 212 g/mol. The van der Waals surface area contributed by atoms with E-state index in [9.17, 15) is 4.79 Å². The van der Waals surface area contributed by atoms with Crippen LogP contribution >= 0.6 is 11.6 Å². The molecule has 2 rings (SSSR count). The maximum absolute atomic E-state index is 11.3. The van der Waals surface area contributed by atoms with E-state index in [0.717, 1.165) is 0 Å². The third-order valence-electron chi connectivity index (χ3n) is 2.06. The summed E-state index contributed by atoms with van der Waals surface area (Å²) >= 11 is 5.69. The van der Waals surface area contributed by atoms with Crippen LogP contribution in [0.1, 0.15) is 12.6 Å². The van der Waals surface area contributed by atoms with E-state index in [-0.39, 0.29) is 17.2 Å². The van der Waals surface area contributed by atoms with Gasteiger partial charge in [0.2, 0.25) is 11.2 Å². The van der Waals surface area contributed by atoms with Crippen molar-refractivity contribution in [2.45, 2.75) is 19.9 Å². The summed E-state index contributed by atoms with van der Waals surface area (Å²) in [6.45, 7) is 3.52. The van der Waals surface area contributed by atoms with Gasteiger partial charge in [-0.05, 0) is 25.4 Å². The van der Waals surface area contributed by atoms with Gasteiger partial charge in [-0.1, -0.05) is 0 Å². The predicted molar refractivity (Wildman–Crippen MR) is 53.5 cm³/mol. The molecule has 0 bridgehead atoms. The minimum absolute atomic E-state index is 0.0912. The van der Waals surface area contributed by atoms with E-state index in [0.29, 0.717) is 17.2 Å². The van der Waals surface area contributed by atoms with Crippen LogP contribution in [0.2, 0.25) is 5.28 Å². The summed E-state index contributed by atoms with van der Waals surface area (Å²) in [7, 11) is 0. The Labute approximate surface area is 85.9 Å². The highest BCUT2D eigenvalue weighted by Gasteiger charge is 2.24. The standard InChI is InChI=1S/C8H9ClN4O/c1-3-5-6(13-8(9)11-3)10-4(2)7(14)12-5/h4H,1-2H3,(H,12,14)(H,10,11,13). The molecule has 74 valence electrons. The van der Waals surface area contributed by atoms with Crippen molar-refractivity contribution in [3.05, 3.63) is 11.0 Å². The van der Waals surface area contributed by atoms with Gasteiger partial charge in [0, 0.05) is 0 Å². The topological polar surface area (TPSA) is 66.9 Å². The Morgan fingerprint density at radius 1 is 1.43 bits per heavy atom. The minimum Gasteiger partial charge on any atom is -0.357 e. The van der Waals surface area contributed by atoms with Crippen LogP contribution in [0.25, 0.3) is 0 Å². The Morgan fingerprint density at radius 3 is 2.86 bits per heavy atom. The summed E-state index contributed by atoms with van der Waals surface area (Å²) in [4.78, 5) is 19.3. The molecule has 2 heterocycles. The van der Waals surface area contributed by atoms with Crippen molar-refractivity contribution in [1.82, 2.24) is 9.97 Å². The van der Waals surface area contributed by atoms with Crippen LogP contribution in [0.5, 0.6) is 0 Å². The molecule has 1 aliphatic heterocycles. The number of fused-ring (bicyclic) bond motifs is 1. The smallest absolute Gasteiger partial charge is 0.246 e. The van der Waals surface area contributed by atoms with Gasteiger partial charge in [0.05, 0.1) is 5.69 Å². The molecule has 0 spiro atoms. The summed E-state index contributed by atoms with van der Waals surface area (Å²) in [6, 6.07) is -0.298. The van der Waals surface area contributed by atoms with Gasteiger partial charge in [0.1, 0.15) is 11.7 Å². The maximum atomic E-state index is 11.3. The SMILES string of the molecule is Cc1nc(Cl)nc2c1NC(=O)C(C)N2.